The lowest BCUT2D eigenvalue weighted by atomic mass is 10.1. The molecule has 19 heavy (non-hydrogen) atoms. The second-order valence-corrected chi connectivity index (χ2v) is 4.66. The normalized spacial score (nSPS) is 11.5. The number of hydrogen-bond donors (Lipinski definition) is 2. The van der Waals surface area contributed by atoms with E-state index < -0.39 is 17.9 Å². The van der Waals surface area contributed by atoms with E-state index in [2.05, 4.69) is 11.2 Å². The molecule has 0 bridgehead atoms. The summed E-state index contributed by atoms with van der Waals surface area (Å²) in [7, 11) is 0. The Hall–Kier alpha value is -1.99. The summed E-state index contributed by atoms with van der Waals surface area (Å²) in [5.74, 6) is 1.15. The first-order valence-electron chi connectivity index (χ1n) is 5.67. The Morgan fingerprint density at radius 1 is 1.42 bits per heavy atom. The molecule has 0 aromatic heterocycles. The monoisotopic (exact) mass is 278 g/mol. The van der Waals surface area contributed by atoms with Crippen molar-refractivity contribution in [2.24, 2.45) is 5.73 Å². The van der Waals surface area contributed by atoms with Crippen LogP contribution in [0.5, 0.6) is 0 Å². The van der Waals surface area contributed by atoms with Crippen molar-refractivity contribution in [2.45, 2.75) is 26.3 Å². The molecule has 1 atom stereocenters. The van der Waals surface area contributed by atoms with Crippen LogP contribution in [0.3, 0.4) is 0 Å². The Morgan fingerprint density at radius 2 is 2.00 bits per heavy atom. The van der Waals surface area contributed by atoms with Crippen LogP contribution in [0.1, 0.15) is 27.9 Å². The zero-order valence-corrected chi connectivity index (χ0v) is 11.5. The predicted molar refractivity (Wildman–Crippen MR) is 74.8 cm³/mol. The van der Waals surface area contributed by atoms with Gasteiger partial charge in [0.1, 0.15) is 6.04 Å². The van der Waals surface area contributed by atoms with E-state index in [0.29, 0.717) is 10.6 Å². The van der Waals surface area contributed by atoms with E-state index in [1.165, 1.54) is 0 Å². The number of amides is 2. The predicted octanol–water partition coefficient (Wildman–Crippen LogP) is 1.56. The van der Waals surface area contributed by atoms with Gasteiger partial charge in [0.05, 0.1) is 10.6 Å². The Morgan fingerprint density at radius 3 is 2.53 bits per heavy atom. The molecule has 3 N–H and O–H groups in total. The number of aryl methyl sites for hydroxylation is 2. The van der Waals surface area contributed by atoms with Crippen molar-refractivity contribution in [3.8, 4) is 12.3 Å². The first-order chi connectivity index (χ1) is 8.86. The standard InChI is InChI=1S/C14H15ClN2O2/c1-4-5-12(13(16)18)17-14(19)10-6-8(2)9(3)7-11(10)15/h1,6-7,12H,5H2,2-3H3,(H2,16,18)(H,17,19). The molecule has 2 amide bonds. The third kappa shape index (κ3) is 3.73. The Kier molecular flexibility index (Phi) is 4.96. The quantitative estimate of drug-likeness (QED) is 0.821. The number of terminal acetylenes is 1. The van der Waals surface area contributed by atoms with E-state index in [-0.39, 0.29) is 6.42 Å². The summed E-state index contributed by atoms with van der Waals surface area (Å²) in [5.41, 5.74) is 7.37. The molecule has 0 radical (unpaired) electrons. The van der Waals surface area contributed by atoms with Crippen molar-refractivity contribution in [1.29, 1.82) is 0 Å². The fourth-order valence-electron chi connectivity index (χ4n) is 1.53. The van der Waals surface area contributed by atoms with Gasteiger partial charge in [0, 0.05) is 6.42 Å². The first kappa shape index (κ1) is 15.1. The average Bonchev–Trinajstić information content (AvgIpc) is 2.32. The van der Waals surface area contributed by atoms with Crippen molar-refractivity contribution >= 4 is 23.4 Å². The number of nitrogens with two attached hydrogens (primary N) is 1. The highest BCUT2D eigenvalue weighted by Gasteiger charge is 2.19. The van der Waals surface area contributed by atoms with E-state index in [1.54, 1.807) is 12.1 Å². The summed E-state index contributed by atoms with van der Waals surface area (Å²) in [6.07, 6.45) is 5.17. The second kappa shape index (κ2) is 6.26. The lowest BCUT2D eigenvalue weighted by molar-refractivity contribution is -0.119. The lowest BCUT2D eigenvalue weighted by Crippen LogP contribution is -2.44. The molecule has 0 saturated heterocycles. The molecular formula is C14H15ClN2O2. The van der Waals surface area contributed by atoms with Crippen LogP contribution >= 0.6 is 11.6 Å². The van der Waals surface area contributed by atoms with Gasteiger partial charge in [0.15, 0.2) is 0 Å². The maximum absolute atomic E-state index is 12.0. The minimum atomic E-state index is -0.893. The molecule has 1 aromatic carbocycles. The van der Waals surface area contributed by atoms with Crippen molar-refractivity contribution in [3.05, 3.63) is 33.8 Å². The Balaban J connectivity index is 2.98. The zero-order chi connectivity index (χ0) is 14.6. The van der Waals surface area contributed by atoms with Crippen LogP contribution in [0.15, 0.2) is 12.1 Å². The van der Waals surface area contributed by atoms with Crippen molar-refractivity contribution in [3.63, 3.8) is 0 Å². The van der Waals surface area contributed by atoms with Crippen LogP contribution in [0.25, 0.3) is 0 Å². The van der Waals surface area contributed by atoms with Crippen LogP contribution < -0.4 is 11.1 Å². The van der Waals surface area contributed by atoms with E-state index in [9.17, 15) is 9.59 Å². The summed E-state index contributed by atoms with van der Waals surface area (Å²) < 4.78 is 0. The zero-order valence-electron chi connectivity index (χ0n) is 10.8. The molecule has 1 aromatic rings. The van der Waals surface area contributed by atoms with Gasteiger partial charge in [-0.15, -0.1) is 12.3 Å². The number of carbonyl (C=O) groups excluding carboxylic acids is 2. The average molecular weight is 279 g/mol. The van der Waals surface area contributed by atoms with Crippen LogP contribution in [-0.2, 0) is 4.79 Å². The fraction of sp³-hybridized carbons (Fsp3) is 0.286. The van der Waals surface area contributed by atoms with E-state index in [0.717, 1.165) is 11.1 Å². The number of nitrogens with one attached hydrogen (secondary N) is 1. The molecule has 0 aliphatic carbocycles. The molecule has 0 aliphatic heterocycles. The topological polar surface area (TPSA) is 72.2 Å². The van der Waals surface area contributed by atoms with Gasteiger partial charge in [0.2, 0.25) is 5.91 Å². The molecule has 0 heterocycles. The SMILES string of the molecule is C#CCC(NC(=O)c1cc(C)c(C)cc1Cl)C(N)=O. The number of benzene rings is 1. The molecule has 0 fully saturated rings. The van der Waals surface area contributed by atoms with Crippen LogP contribution in [0.2, 0.25) is 5.02 Å². The minimum absolute atomic E-state index is 0.0452. The largest absolute Gasteiger partial charge is 0.368 e. The number of carbonyl (C=O) groups is 2. The van der Waals surface area contributed by atoms with Crippen LogP contribution in [0, 0.1) is 26.2 Å². The van der Waals surface area contributed by atoms with Gasteiger partial charge >= 0.3 is 0 Å². The van der Waals surface area contributed by atoms with E-state index in [4.69, 9.17) is 23.8 Å². The molecular weight excluding hydrogens is 264 g/mol. The van der Waals surface area contributed by atoms with Crippen LogP contribution in [-0.4, -0.2) is 17.9 Å². The molecule has 1 rings (SSSR count). The molecule has 4 nitrogen and oxygen atoms in total. The summed E-state index contributed by atoms with van der Waals surface area (Å²) in [4.78, 5) is 23.2. The van der Waals surface area contributed by atoms with E-state index in [1.807, 2.05) is 13.8 Å². The number of primary amides is 1. The molecule has 1 unspecified atom stereocenters. The smallest absolute Gasteiger partial charge is 0.253 e. The van der Waals surface area contributed by atoms with Gasteiger partial charge < -0.3 is 11.1 Å². The third-order valence-electron chi connectivity index (χ3n) is 2.80. The Bertz CT molecular complexity index is 561. The van der Waals surface area contributed by atoms with Gasteiger partial charge in [0.25, 0.3) is 5.91 Å². The highest BCUT2D eigenvalue weighted by atomic mass is 35.5. The summed E-state index contributed by atoms with van der Waals surface area (Å²) in [5, 5.41) is 2.80. The summed E-state index contributed by atoms with van der Waals surface area (Å²) in [6, 6.07) is 2.47. The van der Waals surface area contributed by atoms with Gasteiger partial charge in [-0.25, -0.2) is 0 Å². The fourth-order valence-corrected chi connectivity index (χ4v) is 1.84. The van der Waals surface area contributed by atoms with Crippen molar-refractivity contribution < 1.29 is 9.59 Å². The van der Waals surface area contributed by atoms with Gasteiger partial charge in [-0.3, -0.25) is 9.59 Å². The minimum Gasteiger partial charge on any atom is -0.368 e. The Labute approximate surface area is 117 Å². The second-order valence-electron chi connectivity index (χ2n) is 4.25. The molecule has 5 heteroatoms. The summed E-state index contributed by atoms with van der Waals surface area (Å²) in [6.45, 7) is 3.77. The first-order valence-corrected chi connectivity index (χ1v) is 6.05. The lowest BCUT2D eigenvalue weighted by Gasteiger charge is -2.14. The van der Waals surface area contributed by atoms with Gasteiger partial charge in [-0.05, 0) is 37.1 Å². The maximum atomic E-state index is 12.0. The highest BCUT2D eigenvalue weighted by molar-refractivity contribution is 6.34. The summed E-state index contributed by atoms with van der Waals surface area (Å²) >= 11 is 6.02. The highest BCUT2D eigenvalue weighted by Crippen LogP contribution is 2.21. The van der Waals surface area contributed by atoms with Gasteiger partial charge in [-0.1, -0.05) is 11.6 Å². The number of hydrogen-bond acceptors (Lipinski definition) is 2. The van der Waals surface area contributed by atoms with Crippen molar-refractivity contribution in [2.75, 3.05) is 0 Å². The number of halogens is 1. The molecule has 100 valence electrons. The third-order valence-corrected chi connectivity index (χ3v) is 3.11. The van der Waals surface area contributed by atoms with Gasteiger partial charge in [-0.2, -0.15) is 0 Å². The van der Waals surface area contributed by atoms with Crippen LogP contribution in [0.4, 0.5) is 0 Å². The molecule has 0 saturated carbocycles. The van der Waals surface area contributed by atoms with E-state index >= 15 is 0 Å². The maximum Gasteiger partial charge on any atom is 0.253 e. The molecule has 0 spiro atoms. The molecule has 0 aliphatic rings. The number of rotatable bonds is 4. The van der Waals surface area contributed by atoms with Crippen molar-refractivity contribution in [1.82, 2.24) is 5.32 Å².